The van der Waals surface area contributed by atoms with Gasteiger partial charge in [-0.1, -0.05) is 28.1 Å². The van der Waals surface area contributed by atoms with E-state index in [9.17, 15) is 21.6 Å². The summed E-state index contributed by atoms with van der Waals surface area (Å²) in [5, 5.41) is 0. The summed E-state index contributed by atoms with van der Waals surface area (Å²) in [6.07, 6.45) is -4.13. The molecule has 0 amide bonds. The summed E-state index contributed by atoms with van der Waals surface area (Å²) in [5.74, 6) is 0.199. The molecule has 9 heteroatoms. The van der Waals surface area contributed by atoms with Crippen molar-refractivity contribution in [2.75, 3.05) is 13.7 Å². The van der Waals surface area contributed by atoms with Crippen LogP contribution in [0.5, 0.6) is 5.75 Å². The first kappa shape index (κ1) is 19.7. The van der Waals surface area contributed by atoms with Crippen molar-refractivity contribution in [3.8, 4) is 5.75 Å². The monoisotopic (exact) mass is 437 g/mol. The summed E-state index contributed by atoms with van der Waals surface area (Å²) in [7, 11) is -2.45. The van der Waals surface area contributed by atoms with Crippen molar-refractivity contribution in [3.05, 3.63) is 58.1 Å². The number of halogens is 4. The maximum absolute atomic E-state index is 12.5. The molecule has 0 atom stereocenters. The Labute approximate surface area is 152 Å². The van der Waals surface area contributed by atoms with E-state index in [1.54, 1.807) is 6.07 Å². The van der Waals surface area contributed by atoms with E-state index in [1.807, 2.05) is 0 Å². The summed E-state index contributed by atoms with van der Waals surface area (Å²) in [6.45, 7) is 0.0450. The number of hydrogen-bond acceptors (Lipinski definition) is 3. The Bertz CT molecular complexity index is 837. The SMILES string of the molecule is COc1ccc(Br)cc1S(=O)(=O)NCCc1ccc(C(F)(F)F)cc1. The second-order valence-electron chi connectivity index (χ2n) is 5.14. The third-order valence-corrected chi connectivity index (χ3v) is 5.38. The molecule has 0 spiro atoms. The number of benzene rings is 2. The fourth-order valence-corrected chi connectivity index (χ4v) is 3.87. The van der Waals surface area contributed by atoms with E-state index >= 15 is 0 Å². The number of methoxy groups -OCH3 is 1. The molecule has 0 aliphatic heterocycles. The summed E-state index contributed by atoms with van der Waals surface area (Å²) in [5.41, 5.74) is -0.146. The van der Waals surface area contributed by atoms with Crippen molar-refractivity contribution in [1.82, 2.24) is 4.72 Å². The molecule has 0 fully saturated rings. The number of hydrogen-bond donors (Lipinski definition) is 1. The van der Waals surface area contributed by atoms with E-state index in [0.29, 0.717) is 10.0 Å². The van der Waals surface area contributed by atoms with Gasteiger partial charge in [0.15, 0.2) is 0 Å². The van der Waals surface area contributed by atoms with Crippen molar-refractivity contribution in [2.45, 2.75) is 17.5 Å². The first-order chi connectivity index (χ1) is 11.6. The highest BCUT2D eigenvalue weighted by atomic mass is 79.9. The van der Waals surface area contributed by atoms with E-state index in [2.05, 4.69) is 20.7 Å². The summed E-state index contributed by atoms with van der Waals surface area (Å²) < 4.78 is 70.3. The molecule has 0 radical (unpaired) electrons. The van der Waals surface area contributed by atoms with Gasteiger partial charge >= 0.3 is 6.18 Å². The van der Waals surface area contributed by atoms with E-state index in [1.165, 1.54) is 31.4 Å². The van der Waals surface area contributed by atoms with Gasteiger partial charge in [0, 0.05) is 11.0 Å². The highest BCUT2D eigenvalue weighted by Crippen LogP contribution is 2.29. The van der Waals surface area contributed by atoms with Crippen LogP contribution in [-0.4, -0.2) is 22.1 Å². The van der Waals surface area contributed by atoms with Crippen molar-refractivity contribution in [1.29, 1.82) is 0 Å². The average Bonchev–Trinajstić information content (AvgIpc) is 2.54. The molecule has 0 heterocycles. The van der Waals surface area contributed by atoms with Crippen LogP contribution in [0.2, 0.25) is 0 Å². The van der Waals surface area contributed by atoms with Gasteiger partial charge in [-0.25, -0.2) is 13.1 Å². The minimum absolute atomic E-state index is 0.0169. The lowest BCUT2D eigenvalue weighted by atomic mass is 10.1. The Balaban J connectivity index is 2.05. The second kappa shape index (κ2) is 7.76. The number of alkyl halides is 3. The predicted molar refractivity (Wildman–Crippen MR) is 91.0 cm³/mol. The van der Waals surface area contributed by atoms with E-state index in [4.69, 9.17) is 4.74 Å². The van der Waals surface area contributed by atoms with Crippen LogP contribution in [0.1, 0.15) is 11.1 Å². The lowest BCUT2D eigenvalue weighted by molar-refractivity contribution is -0.137. The molecule has 0 aliphatic carbocycles. The van der Waals surface area contributed by atoms with Gasteiger partial charge in [0.25, 0.3) is 0 Å². The minimum Gasteiger partial charge on any atom is -0.495 e. The Hall–Kier alpha value is -1.58. The van der Waals surface area contributed by atoms with Crippen LogP contribution in [0.25, 0.3) is 0 Å². The molecule has 136 valence electrons. The quantitative estimate of drug-likeness (QED) is 0.742. The molecule has 2 aromatic rings. The van der Waals surface area contributed by atoms with Crippen molar-refractivity contribution in [3.63, 3.8) is 0 Å². The molecular weight excluding hydrogens is 423 g/mol. The Kier molecular flexibility index (Phi) is 6.12. The molecule has 0 aromatic heterocycles. The molecule has 1 N–H and O–H groups in total. The highest BCUT2D eigenvalue weighted by molar-refractivity contribution is 9.10. The van der Waals surface area contributed by atoms with Gasteiger partial charge in [0.1, 0.15) is 10.6 Å². The molecule has 4 nitrogen and oxygen atoms in total. The zero-order chi connectivity index (χ0) is 18.7. The van der Waals surface area contributed by atoms with Crippen molar-refractivity contribution in [2.24, 2.45) is 0 Å². The van der Waals surface area contributed by atoms with Crippen LogP contribution in [0.3, 0.4) is 0 Å². The van der Waals surface area contributed by atoms with E-state index in [0.717, 1.165) is 12.1 Å². The van der Waals surface area contributed by atoms with Crippen LogP contribution in [0.15, 0.2) is 51.8 Å². The van der Waals surface area contributed by atoms with Crippen LogP contribution < -0.4 is 9.46 Å². The minimum atomic E-state index is -4.39. The topological polar surface area (TPSA) is 55.4 Å². The number of sulfonamides is 1. The smallest absolute Gasteiger partial charge is 0.416 e. The first-order valence-corrected chi connectivity index (χ1v) is 9.40. The van der Waals surface area contributed by atoms with Crippen molar-refractivity contribution >= 4 is 26.0 Å². The molecule has 2 rings (SSSR count). The molecule has 25 heavy (non-hydrogen) atoms. The van der Waals surface area contributed by atoms with E-state index in [-0.39, 0.29) is 23.6 Å². The van der Waals surface area contributed by atoms with Gasteiger partial charge in [0.05, 0.1) is 12.7 Å². The van der Waals surface area contributed by atoms with Gasteiger partial charge in [-0.3, -0.25) is 0 Å². The number of rotatable bonds is 6. The fraction of sp³-hybridized carbons (Fsp3) is 0.250. The Morgan fingerprint density at radius 3 is 2.32 bits per heavy atom. The van der Waals surface area contributed by atoms with Gasteiger partial charge in [-0.15, -0.1) is 0 Å². The zero-order valence-electron chi connectivity index (χ0n) is 13.1. The number of ether oxygens (including phenoxy) is 1. The molecule has 0 saturated carbocycles. The number of nitrogens with one attached hydrogen (secondary N) is 1. The summed E-state index contributed by atoms with van der Waals surface area (Å²) in [4.78, 5) is -0.0169. The maximum atomic E-state index is 12.5. The van der Waals surface area contributed by atoms with Crippen LogP contribution in [0, 0.1) is 0 Å². The molecule has 0 aliphatic rings. The highest BCUT2D eigenvalue weighted by Gasteiger charge is 2.29. The van der Waals surface area contributed by atoms with Crippen LogP contribution >= 0.6 is 15.9 Å². The average molecular weight is 438 g/mol. The zero-order valence-corrected chi connectivity index (χ0v) is 15.5. The standard InChI is InChI=1S/C16H15BrF3NO3S/c1-24-14-7-6-13(17)10-15(14)25(22,23)21-9-8-11-2-4-12(5-3-11)16(18,19)20/h2-7,10,21H,8-9H2,1H3. The molecular formula is C16H15BrF3NO3S. The van der Waals surface area contributed by atoms with Gasteiger partial charge in [-0.05, 0) is 42.3 Å². The Morgan fingerprint density at radius 1 is 1.12 bits per heavy atom. The lowest BCUT2D eigenvalue weighted by Crippen LogP contribution is -2.26. The van der Waals surface area contributed by atoms with Gasteiger partial charge in [-0.2, -0.15) is 13.2 Å². The van der Waals surface area contributed by atoms with Crippen LogP contribution in [-0.2, 0) is 22.6 Å². The third-order valence-electron chi connectivity index (χ3n) is 3.40. The Morgan fingerprint density at radius 2 is 1.76 bits per heavy atom. The molecule has 2 aromatic carbocycles. The second-order valence-corrected chi connectivity index (χ2v) is 7.79. The van der Waals surface area contributed by atoms with Crippen LogP contribution in [0.4, 0.5) is 13.2 Å². The fourth-order valence-electron chi connectivity index (χ4n) is 2.13. The van der Waals surface area contributed by atoms with Gasteiger partial charge < -0.3 is 4.74 Å². The molecule has 0 saturated heterocycles. The largest absolute Gasteiger partial charge is 0.495 e. The summed E-state index contributed by atoms with van der Waals surface area (Å²) >= 11 is 3.21. The van der Waals surface area contributed by atoms with E-state index < -0.39 is 21.8 Å². The molecule has 0 bridgehead atoms. The maximum Gasteiger partial charge on any atom is 0.416 e. The van der Waals surface area contributed by atoms with Gasteiger partial charge in [0.2, 0.25) is 10.0 Å². The summed E-state index contributed by atoms with van der Waals surface area (Å²) in [6, 6.07) is 9.20. The predicted octanol–water partition coefficient (Wildman–Crippen LogP) is 4.00. The third kappa shape index (κ3) is 5.20. The molecule has 0 unspecified atom stereocenters. The lowest BCUT2D eigenvalue weighted by Gasteiger charge is -2.11. The normalized spacial score (nSPS) is 12.2. The van der Waals surface area contributed by atoms with Crippen molar-refractivity contribution < 1.29 is 26.3 Å². The first-order valence-electron chi connectivity index (χ1n) is 7.13.